The highest BCUT2D eigenvalue weighted by atomic mass is 35.5. The quantitative estimate of drug-likeness (QED) is 0.851. The van der Waals surface area contributed by atoms with Gasteiger partial charge in [-0.3, -0.25) is 4.98 Å². The molecule has 0 aliphatic heterocycles. The minimum absolute atomic E-state index is 0.475. The highest BCUT2D eigenvalue weighted by molar-refractivity contribution is 6.30. The maximum Gasteiger partial charge on any atom is 0.137 e. The fourth-order valence-corrected chi connectivity index (χ4v) is 1.72. The zero-order valence-electron chi connectivity index (χ0n) is 10.1. The second-order valence-electron chi connectivity index (χ2n) is 3.77. The van der Waals surface area contributed by atoms with Gasteiger partial charge in [0.2, 0.25) is 0 Å². The lowest BCUT2D eigenvalue weighted by Crippen LogP contribution is -2.12. The molecule has 0 unspecified atom stereocenters. The molecule has 96 valence electrons. The first-order valence-corrected chi connectivity index (χ1v) is 6.14. The van der Waals surface area contributed by atoms with Gasteiger partial charge in [0.05, 0.1) is 17.4 Å². The van der Waals surface area contributed by atoms with Gasteiger partial charge in [0, 0.05) is 17.8 Å². The van der Waals surface area contributed by atoms with E-state index in [0.29, 0.717) is 29.4 Å². The minimum Gasteiger partial charge on any atom is -0.490 e. The third-order valence-corrected chi connectivity index (χ3v) is 2.66. The molecular formula is C14H12ClN3O. The molecule has 1 heterocycles. The summed E-state index contributed by atoms with van der Waals surface area (Å²) in [6, 6.07) is 10.9. The first-order chi connectivity index (χ1) is 9.29. The summed E-state index contributed by atoms with van der Waals surface area (Å²) in [5.74, 6) is 0.718. The molecule has 0 aliphatic carbocycles. The van der Waals surface area contributed by atoms with Crippen LogP contribution in [0, 0.1) is 11.3 Å². The van der Waals surface area contributed by atoms with E-state index in [9.17, 15) is 0 Å². The SMILES string of the molecule is N#Cc1ccc(Cl)cc1NCCOc1cccnc1. The standard InChI is InChI=1S/C14H12ClN3O/c15-12-4-3-11(9-16)14(8-12)18-6-7-19-13-2-1-5-17-10-13/h1-5,8,10,18H,6-7H2. The second-order valence-corrected chi connectivity index (χ2v) is 4.20. The van der Waals surface area contributed by atoms with Gasteiger partial charge in [-0.05, 0) is 30.3 Å². The van der Waals surface area contributed by atoms with Gasteiger partial charge in [-0.15, -0.1) is 0 Å². The van der Waals surface area contributed by atoms with E-state index in [4.69, 9.17) is 21.6 Å². The lowest BCUT2D eigenvalue weighted by molar-refractivity contribution is 0.331. The summed E-state index contributed by atoms with van der Waals surface area (Å²) in [6.07, 6.45) is 3.34. The molecule has 0 bridgehead atoms. The van der Waals surface area contributed by atoms with Crippen molar-refractivity contribution in [1.29, 1.82) is 5.26 Å². The van der Waals surface area contributed by atoms with Crippen LogP contribution in [0.1, 0.15) is 5.56 Å². The fraction of sp³-hybridized carbons (Fsp3) is 0.143. The van der Waals surface area contributed by atoms with Gasteiger partial charge in [0.15, 0.2) is 0 Å². The third kappa shape index (κ3) is 3.87. The molecule has 19 heavy (non-hydrogen) atoms. The molecule has 0 atom stereocenters. The molecule has 2 aromatic rings. The average Bonchev–Trinajstić information content (AvgIpc) is 2.45. The van der Waals surface area contributed by atoms with E-state index in [1.165, 1.54) is 0 Å². The fourth-order valence-electron chi connectivity index (χ4n) is 1.55. The molecule has 0 radical (unpaired) electrons. The zero-order valence-corrected chi connectivity index (χ0v) is 10.9. The smallest absolute Gasteiger partial charge is 0.137 e. The van der Waals surface area contributed by atoms with Crippen LogP contribution in [0.5, 0.6) is 5.75 Å². The second kappa shape index (κ2) is 6.62. The molecule has 1 aromatic carbocycles. The predicted molar refractivity (Wildman–Crippen MR) is 74.4 cm³/mol. The molecule has 1 aromatic heterocycles. The van der Waals surface area contributed by atoms with Crippen molar-refractivity contribution < 1.29 is 4.74 Å². The Morgan fingerprint density at radius 2 is 2.26 bits per heavy atom. The first-order valence-electron chi connectivity index (χ1n) is 5.76. The number of anilines is 1. The molecule has 0 fully saturated rings. The number of benzene rings is 1. The van der Waals surface area contributed by atoms with Crippen molar-refractivity contribution >= 4 is 17.3 Å². The normalized spacial score (nSPS) is 9.68. The lowest BCUT2D eigenvalue weighted by Gasteiger charge is -2.09. The van der Waals surface area contributed by atoms with Crippen LogP contribution >= 0.6 is 11.6 Å². The number of hydrogen-bond acceptors (Lipinski definition) is 4. The summed E-state index contributed by atoms with van der Waals surface area (Å²) in [4.78, 5) is 3.95. The summed E-state index contributed by atoms with van der Waals surface area (Å²) in [7, 11) is 0. The van der Waals surface area contributed by atoms with Gasteiger partial charge in [-0.2, -0.15) is 5.26 Å². The first kappa shape index (κ1) is 13.2. The highest BCUT2D eigenvalue weighted by Crippen LogP contribution is 2.20. The molecule has 2 rings (SSSR count). The van der Waals surface area contributed by atoms with E-state index < -0.39 is 0 Å². The number of aromatic nitrogens is 1. The van der Waals surface area contributed by atoms with Crippen molar-refractivity contribution in [2.24, 2.45) is 0 Å². The molecule has 0 amide bonds. The molecule has 1 N–H and O–H groups in total. The maximum atomic E-state index is 8.97. The number of rotatable bonds is 5. The molecule has 0 saturated heterocycles. The number of hydrogen-bond donors (Lipinski definition) is 1. The Labute approximate surface area is 116 Å². The summed E-state index contributed by atoms with van der Waals surface area (Å²) in [6.45, 7) is 1.05. The molecular weight excluding hydrogens is 262 g/mol. The Kier molecular flexibility index (Phi) is 4.60. The van der Waals surface area contributed by atoms with Gasteiger partial charge < -0.3 is 10.1 Å². The summed E-state index contributed by atoms with van der Waals surface area (Å²) in [5, 5.41) is 12.7. The van der Waals surface area contributed by atoms with Crippen LogP contribution in [0.3, 0.4) is 0 Å². The van der Waals surface area contributed by atoms with Gasteiger partial charge in [0.1, 0.15) is 18.4 Å². The molecule has 5 heteroatoms. The van der Waals surface area contributed by atoms with Crippen LogP contribution in [0.15, 0.2) is 42.7 Å². The number of nitrogens with one attached hydrogen (secondary N) is 1. The van der Waals surface area contributed by atoms with Crippen molar-refractivity contribution in [3.63, 3.8) is 0 Å². The van der Waals surface area contributed by atoms with E-state index in [0.717, 1.165) is 5.75 Å². The Morgan fingerprint density at radius 1 is 1.37 bits per heavy atom. The number of nitriles is 1. The van der Waals surface area contributed by atoms with Crippen LogP contribution in [0.2, 0.25) is 5.02 Å². The Hall–Kier alpha value is -2.25. The molecule has 0 aliphatic rings. The van der Waals surface area contributed by atoms with Crippen LogP contribution in [0.4, 0.5) is 5.69 Å². The highest BCUT2D eigenvalue weighted by Gasteiger charge is 2.02. The number of pyridine rings is 1. The Morgan fingerprint density at radius 3 is 3.00 bits per heavy atom. The van der Waals surface area contributed by atoms with E-state index in [-0.39, 0.29) is 0 Å². The molecule has 0 spiro atoms. The van der Waals surface area contributed by atoms with E-state index >= 15 is 0 Å². The van der Waals surface area contributed by atoms with E-state index in [2.05, 4.69) is 16.4 Å². The summed E-state index contributed by atoms with van der Waals surface area (Å²) in [5.41, 5.74) is 1.27. The maximum absolute atomic E-state index is 8.97. The molecule has 4 nitrogen and oxygen atoms in total. The lowest BCUT2D eigenvalue weighted by atomic mass is 10.2. The number of nitrogens with zero attached hydrogens (tertiary/aromatic N) is 2. The van der Waals surface area contributed by atoms with Crippen molar-refractivity contribution in [1.82, 2.24) is 4.98 Å². The van der Waals surface area contributed by atoms with Crippen molar-refractivity contribution in [2.75, 3.05) is 18.5 Å². The largest absolute Gasteiger partial charge is 0.490 e. The topological polar surface area (TPSA) is 57.9 Å². The van der Waals surface area contributed by atoms with E-state index in [1.807, 2.05) is 12.1 Å². The van der Waals surface area contributed by atoms with Crippen molar-refractivity contribution in [3.05, 3.63) is 53.3 Å². The van der Waals surface area contributed by atoms with Crippen LogP contribution in [-0.2, 0) is 0 Å². The van der Waals surface area contributed by atoms with Crippen molar-refractivity contribution in [3.8, 4) is 11.8 Å². The summed E-state index contributed by atoms with van der Waals surface area (Å²) >= 11 is 5.89. The van der Waals surface area contributed by atoms with Gasteiger partial charge >= 0.3 is 0 Å². The van der Waals surface area contributed by atoms with Crippen LogP contribution < -0.4 is 10.1 Å². The number of ether oxygens (including phenoxy) is 1. The Bertz CT molecular complexity index is 581. The number of halogens is 1. The third-order valence-electron chi connectivity index (χ3n) is 2.42. The average molecular weight is 274 g/mol. The van der Waals surface area contributed by atoms with Crippen LogP contribution in [0.25, 0.3) is 0 Å². The predicted octanol–water partition coefficient (Wildman–Crippen LogP) is 3.10. The van der Waals surface area contributed by atoms with Crippen molar-refractivity contribution in [2.45, 2.75) is 0 Å². The van der Waals surface area contributed by atoms with Gasteiger partial charge in [0.25, 0.3) is 0 Å². The minimum atomic E-state index is 0.475. The summed E-state index contributed by atoms with van der Waals surface area (Å²) < 4.78 is 5.49. The van der Waals surface area contributed by atoms with Crippen LogP contribution in [-0.4, -0.2) is 18.1 Å². The van der Waals surface area contributed by atoms with Gasteiger partial charge in [-0.1, -0.05) is 11.6 Å². The molecule has 0 saturated carbocycles. The Balaban J connectivity index is 1.86. The monoisotopic (exact) mass is 273 g/mol. The van der Waals surface area contributed by atoms with Gasteiger partial charge in [-0.25, -0.2) is 0 Å². The van der Waals surface area contributed by atoms with E-state index in [1.54, 1.807) is 30.6 Å². The zero-order chi connectivity index (χ0) is 13.5.